The van der Waals surface area contributed by atoms with E-state index in [4.69, 9.17) is 4.74 Å². The zero-order valence-corrected chi connectivity index (χ0v) is 11.9. The molecule has 1 aromatic carbocycles. The van der Waals surface area contributed by atoms with Gasteiger partial charge in [-0.25, -0.2) is 4.79 Å². The lowest BCUT2D eigenvalue weighted by Crippen LogP contribution is -2.33. The van der Waals surface area contributed by atoms with Crippen molar-refractivity contribution in [3.63, 3.8) is 0 Å². The zero-order chi connectivity index (χ0) is 14.9. The molecule has 1 aromatic rings. The molecule has 0 aliphatic carbocycles. The highest BCUT2D eigenvalue weighted by molar-refractivity contribution is 5.79. The molecule has 0 bridgehead atoms. The third-order valence-corrected chi connectivity index (χ3v) is 3.48. The molecule has 1 heterocycles. The van der Waals surface area contributed by atoms with E-state index in [1.54, 1.807) is 13.0 Å². The predicted octanol–water partition coefficient (Wildman–Crippen LogP) is 2.00. The molecule has 1 atom stereocenters. The van der Waals surface area contributed by atoms with Crippen molar-refractivity contribution in [2.45, 2.75) is 38.8 Å². The van der Waals surface area contributed by atoms with Gasteiger partial charge in [0.15, 0.2) is 6.04 Å². The topological polar surface area (TPSA) is 66.8 Å². The van der Waals surface area contributed by atoms with Gasteiger partial charge >= 0.3 is 5.97 Å². The van der Waals surface area contributed by atoms with Crippen molar-refractivity contribution in [1.82, 2.24) is 4.90 Å². The smallest absolute Gasteiger partial charge is 0.331 e. The number of amides is 1. The lowest BCUT2D eigenvalue weighted by atomic mass is 9.97. The Morgan fingerprint density at radius 1 is 1.55 bits per heavy atom. The first-order valence-corrected chi connectivity index (χ1v) is 6.64. The maximum absolute atomic E-state index is 11.6. The molecule has 20 heavy (non-hydrogen) atoms. The van der Waals surface area contributed by atoms with Gasteiger partial charge in [0.1, 0.15) is 11.4 Å². The zero-order valence-electron chi connectivity index (χ0n) is 11.9. The number of carbonyl (C=O) groups is 2. The summed E-state index contributed by atoms with van der Waals surface area (Å²) in [6, 6.07) is 4.45. The van der Waals surface area contributed by atoms with E-state index in [-0.39, 0.29) is 5.60 Å². The van der Waals surface area contributed by atoms with Crippen LogP contribution in [0.1, 0.15) is 37.9 Å². The fraction of sp³-hybridized carbons (Fsp3) is 0.467. The molecule has 0 spiro atoms. The number of carbonyl (C=O) groups excluding carboxylic acids is 1. The summed E-state index contributed by atoms with van der Waals surface area (Å²) in [7, 11) is 0. The summed E-state index contributed by atoms with van der Waals surface area (Å²) in [5, 5.41) is 9.46. The second kappa shape index (κ2) is 5.15. The number of hydrogen-bond donors (Lipinski definition) is 1. The maximum Gasteiger partial charge on any atom is 0.331 e. The van der Waals surface area contributed by atoms with E-state index in [2.05, 4.69) is 0 Å². The van der Waals surface area contributed by atoms with Gasteiger partial charge in [0.2, 0.25) is 6.41 Å². The Balaban J connectivity index is 2.50. The summed E-state index contributed by atoms with van der Waals surface area (Å²) in [5.74, 6) is -0.453. The van der Waals surface area contributed by atoms with Gasteiger partial charge in [0, 0.05) is 18.5 Å². The summed E-state index contributed by atoms with van der Waals surface area (Å²) in [6.45, 7) is 6.00. The van der Waals surface area contributed by atoms with Crippen molar-refractivity contribution < 1.29 is 19.4 Å². The minimum atomic E-state index is -1.05. The number of fused-ring (bicyclic) bond motifs is 1. The first kappa shape index (κ1) is 14.4. The monoisotopic (exact) mass is 277 g/mol. The van der Waals surface area contributed by atoms with Crippen molar-refractivity contribution >= 4 is 12.4 Å². The Morgan fingerprint density at radius 3 is 2.80 bits per heavy atom. The van der Waals surface area contributed by atoms with Gasteiger partial charge in [0.05, 0.1) is 0 Å². The number of nitrogens with zero attached hydrogens (tertiary/aromatic N) is 1. The van der Waals surface area contributed by atoms with E-state index in [1.165, 1.54) is 4.90 Å². The van der Waals surface area contributed by atoms with Gasteiger partial charge in [-0.2, -0.15) is 0 Å². The van der Waals surface area contributed by atoms with Crippen LogP contribution in [-0.2, 0) is 16.0 Å². The fourth-order valence-electron chi connectivity index (χ4n) is 2.63. The normalized spacial score (nSPS) is 16.9. The van der Waals surface area contributed by atoms with Crippen LogP contribution in [0.15, 0.2) is 18.2 Å². The number of para-hydroxylation sites is 1. The van der Waals surface area contributed by atoms with Gasteiger partial charge in [0.25, 0.3) is 0 Å². The summed E-state index contributed by atoms with van der Waals surface area (Å²) < 4.78 is 5.89. The summed E-state index contributed by atoms with van der Waals surface area (Å²) in [4.78, 5) is 23.9. The number of benzene rings is 1. The second-order valence-corrected chi connectivity index (χ2v) is 5.55. The fourth-order valence-corrected chi connectivity index (χ4v) is 2.63. The molecule has 1 N–H and O–H groups in total. The molecule has 5 nitrogen and oxygen atoms in total. The second-order valence-electron chi connectivity index (χ2n) is 5.55. The van der Waals surface area contributed by atoms with Crippen molar-refractivity contribution in [2.75, 3.05) is 6.54 Å². The summed E-state index contributed by atoms with van der Waals surface area (Å²) in [6.07, 6.45) is 1.30. The third-order valence-electron chi connectivity index (χ3n) is 3.48. The summed E-state index contributed by atoms with van der Waals surface area (Å²) in [5.41, 5.74) is 1.18. The quantitative estimate of drug-likeness (QED) is 0.836. The van der Waals surface area contributed by atoms with E-state index in [1.807, 2.05) is 26.0 Å². The molecule has 1 aliphatic heterocycles. The van der Waals surface area contributed by atoms with Gasteiger partial charge in [-0.15, -0.1) is 0 Å². The molecule has 0 radical (unpaired) electrons. The average molecular weight is 277 g/mol. The van der Waals surface area contributed by atoms with E-state index >= 15 is 0 Å². The highest BCUT2D eigenvalue weighted by atomic mass is 16.5. The van der Waals surface area contributed by atoms with Crippen molar-refractivity contribution in [3.05, 3.63) is 29.3 Å². The van der Waals surface area contributed by atoms with Crippen LogP contribution in [-0.4, -0.2) is 34.5 Å². The van der Waals surface area contributed by atoms with E-state index < -0.39 is 12.0 Å². The number of ether oxygens (including phenoxy) is 1. The summed E-state index contributed by atoms with van der Waals surface area (Å²) >= 11 is 0. The molecule has 0 fully saturated rings. The molecule has 1 aliphatic rings. The van der Waals surface area contributed by atoms with Crippen LogP contribution < -0.4 is 4.74 Å². The van der Waals surface area contributed by atoms with E-state index in [0.29, 0.717) is 24.3 Å². The first-order valence-electron chi connectivity index (χ1n) is 6.64. The Bertz CT molecular complexity index is 539. The standard InChI is InChI=1S/C15H19NO4/c1-4-16(9-17)12(14(18)19)11-7-5-6-10-8-15(2,3)20-13(10)11/h5-7,9,12H,4,8H2,1-3H3,(H,18,19). The number of carboxylic acids is 1. The molecule has 108 valence electrons. The van der Waals surface area contributed by atoms with Crippen LogP contribution in [0.2, 0.25) is 0 Å². The highest BCUT2D eigenvalue weighted by Crippen LogP contribution is 2.41. The van der Waals surface area contributed by atoms with Crippen molar-refractivity contribution in [3.8, 4) is 5.75 Å². The molecular weight excluding hydrogens is 258 g/mol. The van der Waals surface area contributed by atoms with Gasteiger partial charge in [-0.3, -0.25) is 4.79 Å². The number of aliphatic carboxylic acids is 1. The maximum atomic E-state index is 11.6. The Morgan fingerprint density at radius 2 is 2.25 bits per heavy atom. The third kappa shape index (κ3) is 2.48. The van der Waals surface area contributed by atoms with Gasteiger partial charge in [-0.05, 0) is 26.3 Å². The van der Waals surface area contributed by atoms with E-state index in [9.17, 15) is 14.7 Å². The van der Waals surface area contributed by atoms with Crippen LogP contribution in [0.3, 0.4) is 0 Å². The molecule has 5 heteroatoms. The lowest BCUT2D eigenvalue weighted by molar-refractivity contribution is -0.146. The first-order chi connectivity index (χ1) is 9.39. The molecule has 1 unspecified atom stereocenters. The number of rotatable bonds is 5. The molecule has 2 rings (SSSR count). The number of hydrogen-bond acceptors (Lipinski definition) is 3. The largest absolute Gasteiger partial charge is 0.487 e. The van der Waals surface area contributed by atoms with Crippen LogP contribution in [0, 0.1) is 0 Å². The van der Waals surface area contributed by atoms with Crippen LogP contribution in [0.5, 0.6) is 5.75 Å². The Labute approximate surface area is 118 Å². The van der Waals surface area contributed by atoms with E-state index in [0.717, 1.165) is 12.0 Å². The van der Waals surface area contributed by atoms with Crippen molar-refractivity contribution in [2.24, 2.45) is 0 Å². The molecule has 0 saturated carbocycles. The predicted molar refractivity (Wildman–Crippen MR) is 73.7 cm³/mol. The highest BCUT2D eigenvalue weighted by Gasteiger charge is 2.36. The SMILES string of the molecule is CCN(C=O)C(C(=O)O)c1cccc2c1OC(C)(C)C2. The van der Waals surface area contributed by atoms with Gasteiger partial charge in [-0.1, -0.05) is 18.2 Å². The number of carboxylic acid groups (broad SMARTS) is 1. The molecule has 1 amide bonds. The molecular formula is C15H19NO4. The molecule has 0 saturated heterocycles. The Hall–Kier alpha value is -2.04. The Kier molecular flexibility index (Phi) is 3.70. The van der Waals surface area contributed by atoms with Crippen LogP contribution in [0.4, 0.5) is 0 Å². The van der Waals surface area contributed by atoms with Gasteiger partial charge < -0.3 is 14.7 Å². The molecule has 0 aromatic heterocycles. The van der Waals surface area contributed by atoms with Crippen molar-refractivity contribution in [1.29, 1.82) is 0 Å². The van der Waals surface area contributed by atoms with Crippen LogP contribution in [0.25, 0.3) is 0 Å². The minimum absolute atomic E-state index is 0.327. The minimum Gasteiger partial charge on any atom is -0.487 e. The van der Waals surface area contributed by atoms with Crippen LogP contribution >= 0.6 is 0 Å². The lowest BCUT2D eigenvalue weighted by Gasteiger charge is -2.26. The average Bonchev–Trinajstić information content (AvgIpc) is 2.69. The number of likely N-dealkylation sites (N-methyl/N-ethyl adjacent to an activating group) is 1.